The second-order valence-electron chi connectivity index (χ2n) is 6.31. The lowest BCUT2D eigenvalue weighted by Crippen LogP contribution is -2.48. The Kier molecular flexibility index (Phi) is 4.15. The van der Waals surface area contributed by atoms with Gasteiger partial charge in [0.05, 0.1) is 0 Å². The van der Waals surface area contributed by atoms with E-state index >= 15 is 0 Å². The van der Waals surface area contributed by atoms with Gasteiger partial charge in [-0.3, -0.25) is 9.69 Å². The van der Waals surface area contributed by atoms with Gasteiger partial charge in [-0.25, -0.2) is 0 Å². The van der Waals surface area contributed by atoms with Crippen molar-refractivity contribution in [3.63, 3.8) is 0 Å². The number of carbonyl (C=O) groups is 1. The number of nitrogens with zero attached hydrogens (tertiary/aromatic N) is 2. The Hall–Kier alpha value is -1.55. The van der Waals surface area contributed by atoms with Crippen molar-refractivity contribution in [1.82, 2.24) is 4.90 Å². The first-order valence-corrected chi connectivity index (χ1v) is 7.94. The maximum absolute atomic E-state index is 11.3. The van der Waals surface area contributed by atoms with E-state index in [1.807, 2.05) is 0 Å². The molecular weight excluding hydrogens is 264 g/mol. The van der Waals surface area contributed by atoms with Crippen molar-refractivity contribution in [2.45, 2.75) is 44.7 Å². The predicted octanol–water partition coefficient (Wildman–Crippen LogP) is 2.51. The molecule has 2 heterocycles. The van der Waals surface area contributed by atoms with Crippen LogP contribution in [0, 0.1) is 6.92 Å². The van der Waals surface area contributed by atoms with E-state index in [1.54, 1.807) is 0 Å². The highest BCUT2D eigenvalue weighted by molar-refractivity contribution is 5.74. The molecule has 2 atom stereocenters. The summed E-state index contributed by atoms with van der Waals surface area (Å²) in [5.41, 5.74) is 2.25. The number of aliphatic carboxylic acids is 1. The average Bonchev–Trinajstić information content (AvgIpc) is 2.89. The summed E-state index contributed by atoms with van der Waals surface area (Å²) >= 11 is 0. The van der Waals surface area contributed by atoms with Gasteiger partial charge in [-0.2, -0.15) is 0 Å². The Balaban J connectivity index is 1.85. The Bertz CT molecular complexity index is 500. The van der Waals surface area contributed by atoms with Crippen LogP contribution in [0.15, 0.2) is 24.3 Å². The van der Waals surface area contributed by atoms with Crippen molar-refractivity contribution in [1.29, 1.82) is 0 Å². The third-order valence-electron chi connectivity index (χ3n) is 4.89. The zero-order valence-electron chi connectivity index (χ0n) is 12.7. The number of rotatable bonds is 4. The van der Waals surface area contributed by atoms with E-state index in [-0.39, 0.29) is 6.54 Å². The van der Waals surface area contributed by atoms with Crippen LogP contribution in [0.5, 0.6) is 0 Å². The van der Waals surface area contributed by atoms with Gasteiger partial charge >= 0.3 is 5.97 Å². The molecule has 4 nitrogen and oxygen atoms in total. The number of fused-ring (bicyclic) bond motifs is 1. The molecule has 1 N–H and O–H groups in total. The van der Waals surface area contributed by atoms with Crippen LogP contribution in [0.3, 0.4) is 0 Å². The van der Waals surface area contributed by atoms with Gasteiger partial charge in [0.15, 0.2) is 0 Å². The summed E-state index contributed by atoms with van der Waals surface area (Å²) in [5, 5.41) is 9.30. The molecule has 2 unspecified atom stereocenters. The predicted molar refractivity (Wildman–Crippen MR) is 83.8 cm³/mol. The van der Waals surface area contributed by atoms with Crippen LogP contribution < -0.4 is 4.90 Å². The first-order valence-electron chi connectivity index (χ1n) is 7.94. The highest BCUT2D eigenvalue weighted by Crippen LogP contribution is 2.33. The van der Waals surface area contributed by atoms with Crippen LogP contribution in [0.1, 0.15) is 31.2 Å². The van der Waals surface area contributed by atoms with E-state index in [2.05, 4.69) is 41.0 Å². The van der Waals surface area contributed by atoms with Gasteiger partial charge in [-0.05, 0) is 44.9 Å². The maximum atomic E-state index is 11.3. The summed E-state index contributed by atoms with van der Waals surface area (Å²) in [4.78, 5) is 16.0. The molecule has 0 bridgehead atoms. The van der Waals surface area contributed by atoms with Gasteiger partial charge < -0.3 is 10.0 Å². The lowest BCUT2D eigenvalue weighted by atomic mass is 9.97. The second-order valence-corrected chi connectivity index (χ2v) is 6.31. The zero-order chi connectivity index (χ0) is 14.8. The Morgan fingerprint density at radius 3 is 2.71 bits per heavy atom. The summed E-state index contributed by atoms with van der Waals surface area (Å²) in [6.07, 6.45) is 4.83. The van der Waals surface area contributed by atoms with Crippen LogP contribution in [0.25, 0.3) is 0 Å². The van der Waals surface area contributed by atoms with Crippen molar-refractivity contribution in [2.24, 2.45) is 0 Å². The largest absolute Gasteiger partial charge is 0.480 e. The first kappa shape index (κ1) is 14.4. The smallest absolute Gasteiger partial charge is 0.323 e. The van der Waals surface area contributed by atoms with Gasteiger partial charge in [0.2, 0.25) is 0 Å². The molecule has 1 aromatic carbocycles. The number of anilines is 1. The van der Waals surface area contributed by atoms with Gasteiger partial charge in [-0.15, -0.1) is 0 Å². The topological polar surface area (TPSA) is 43.8 Å². The maximum Gasteiger partial charge on any atom is 0.323 e. The molecule has 0 amide bonds. The normalized spacial score (nSPS) is 25.6. The summed E-state index contributed by atoms with van der Waals surface area (Å²) in [7, 11) is 0. The molecule has 114 valence electrons. The number of aryl methyl sites for hydroxylation is 1. The minimum atomic E-state index is -0.746. The molecule has 0 aromatic heterocycles. The quantitative estimate of drug-likeness (QED) is 0.924. The van der Waals surface area contributed by atoms with E-state index in [0.717, 1.165) is 18.7 Å². The number of benzene rings is 1. The fourth-order valence-corrected chi connectivity index (χ4v) is 3.87. The lowest BCUT2D eigenvalue weighted by molar-refractivity contribution is -0.135. The highest BCUT2D eigenvalue weighted by atomic mass is 16.4. The molecule has 2 aliphatic heterocycles. The summed E-state index contributed by atoms with van der Waals surface area (Å²) in [5.74, 6) is -0.746. The molecule has 2 fully saturated rings. The monoisotopic (exact) mass is 288 g/mol. The molecule has 0 spiro atoms. The van der Waals surface area contributed by atoms with E-state index in [1.165, 1.54) is 31.4 Å². The Morgan fingerprint density at radius 1 is 1.24 bits per heavy atom. The van der Waals surface area contributed by atoms with E-state index < -0.39 is 5.97 Å². The van der Waals surface area contributed by atoms with Crippen LogP contribution in [-0.2, 0) is 4.79 Å². The van der Waals surface area contributed by atoms with Gasteiger partial charge in [0.1, 0.15) is 6.54 Å². The van der Waals surface area contributed by atoms with Crippen LogP contribution >= 0.6 is 0 Å². The molecule has 2 saturated heterocycles. The minimum absolute atomic E-state index is 0.0953. The fraction of sp³-hybridized carbons (Fsp3) is 0.588. The van der Waals surface area contributed by atoms with E-state index in [4.69, 9.17) is 0 Å². The van der Waals surface area contributed by atoms with E-state index in [0.29, 0.717) is 12.1 Å². The van der Waals surface area contributed by atoms with Crippen LogP contribution in [-0.4, -0.2) is 47.7 Å². The minimum Gasteiger partial charge on any atom is -0.480 e. The third kappa shape index (κ3) is 3.05. The zero-order valence-corrected chi connectivity index (χ0v) is 12.7. The van der Waals surface area contributed by atoms with E-state index in [9.17, 15) is 9.90 Å². The number of hydrogen-bond donors (Lipinski definition) is 1. The van der Waals surface area contributed by atoms with Crippen LogP contribution in [0.4, 0.5) is 5.69 Å². The van der Waals surface area contributed by atoms with Gasteiger partial charge in [-0.1, -0.05) is 24.1 Å². The summed E-state index contributed by atoms with van der Waals surface area (Å²) in [6, 6.07) is 9.12. The number of piperidine rings is 1. The SMILES string of the molecule is Cc1ccc(N(CC(=O)O)C2CCN3CCCCC23)cc1. The molecular formula is C17H24N2O2. The molecule has 3 rings (SSSR count). The summed E-state index contributed by atoms with van der Waals surface area (Å²) < 4.78 is 0. The molecule has 0 aliphatic carbocycles. The molecule has 0 saturated carbocycles. The fourth-order valence-electron chi connectivity index (χ4n) is 3.87. The van der Waals surface area contributed by atoms with Crippen molar-refractivity contribution < 1.29 is 9.90 Å². The Morgan fingerprint density at radius 2 is 2.00 bits per heavy atom. The van der Waals surface area contributed by atoms with Crippen molar-refractivity contribution in [3.8, 4) is 0 Å². The molecule has 1 aromatic rings. The lowest BCUT2D eigenvalue weighted by Gasteiger charge is -2.38. The Labute approximate surface area is 126 Å². The number of carboxylic acids is 1. The standard InChI is InChI=1S/C17H24N2O2/c1-13-5-7-14(8-6-13)19(12-17(20)21)16-9-11-18-10-3-2-4-15(16)18/h5-8,15-16H,2-4,9-12H2,1H3,(H,20,21). The summed E-state index contributed by atoms with van der Waals surface area (Å²) in [6.45, 7) is 4.44. The van der Waals surface area contributed by atoms with Crippen molar-refractivity contribution in [2.75, 3.05) is 24.5 Å². The first-order chi connectivity index (χ1) is 10.1. The van der Waals surface area contributed by atoms with Crippen molar-refractivity contribution >= 4 is 11.7 Å². The number of carboxylic acid groups (broad SMARTS) is 1. The molecule has 0 radical (unpaired) electrons. The van der Waals surface area contributed by atoms with Crippen LogP contribution in [0.2, 0.25) is 0 Å². The molecule has 2 aliphatic rings. The molecule has 21 heavy (non-hydrogen) atoms. The second kappa shape index (κ2) is 6.06. The highest BCUT2D eigenvalue weighted by Gasteiger charge is 2.39. The number of hydrogen-bond acceptors (Lipinski definition) is 3. The van der Waals surface area contributed by atoms with Gasteiger partial charge in [0.25, 0.3) is 0 Å². The third-order valence-corrected chi connectivity index (χ3v) is 4.89. The average molecular weight is 288 g/mol. The van der Waals surface area contributed by atoms with Gasteiger partial charge in [0, 0.05) is 24.3 Å². The van der Waals surface area contributed by atoms with Crippen molar-refractivity contribution in [3.05, 3.63) is 29.8 Å². The molecule has 4 heteroatoms.